The van der Waals surface area contributed by atoms with Gasteiger partial charge in [0.25, 0.3) is 5.91 Å². The van der Waals surface area contributed by atoms with Crippen LogP contribution in [0.15, 0.2) is 60.8 Å². The molecule has 154 valence electrons. The van der Waals surface area contributed by atoms with Crippen molar-refractivity contribution in [2.24, 2.45) is 5.73 Å². The fraction of sp³-hybridized carbons (Fsp3) is 0.208. The molecule has 0 fully saturated rings. The number of rotatable bonds is 7. The van der Waals surface area contributed by atoms with Crippen molar-refractivity contribution in [2.75, 3.05) is 0 Å². The summed E-state index contributed by atoms with van der Waals surface area (Å²) in [7, 11) is 0. The highest BCUT2D eigenvalue weighted by molar-refractivity contribution is 5.91. The number of carbonyl (C=O) groups excluding carboxylic acids is 2. The molecule has 0 saturated carbocycles. The van der Waals surface area contributed by atoms with Gasteiger partial charge in [-0.1, -0.05) is 42.5 Å². The molecule has 0 bridgehead atoms. The van der Waals surface area contributed by atoms with Crippen LogP contribution in [0.5, 0.6) is 0 Å². The second kappa shape index (κ2) is 9.22. The Morgan fingerprint density at radius 2 is 1.87 bits per heavy atom. The smallest absolute Gasteiger partial charge is 0.331 e. The first-order valence-corrected chi connectivity index (χ1v) is 9.70. The summed E-state index contributed by atoms with van der Waals surface area (Å²) in [4.78, 5) is 23.1. The van der Waals surface area contributed by atoms with Crippen molar-refractivity contribution in [3.63, 3.8) is 0 Å². The van der Waals surface area contributed by atoms with Gasteiger partial charge in [-0.05, 0) is 49.6 Å². The molecule has 30 heavy (non-hydrogen) atoms. The SMILES string of the molecule is Cc1ccc(-c2nn(Cc3ccccc3)cc2/C=C/C(=O)O[C@H](C)C(N)=O)cc1C. The van der Waals surface area contributed by atoms with Gasteiger partial charge in [0.15, 0.2) is 6.10 Å². The molecule has 0 aliphatic heterocycles. The van der Waals surface area contributed by atoms with E-state index < -0.39 is 18.0 Å². The zero-order chi connectivity index (χ0) is 21.7. The summed E-state index contributed by atoms with van der Waals surface area (Å²) >= 11 is 0. The van der Waals surface area contributed by atoms with Crippen LogP contribution in [0.4, 0.5) is 0 Å². The number of nitrogens with two attached hydrogens (primary N) is 1. The van der Waals surface area contributed by atoms with E-state index in [2.05, 4.69) is 26.0 Å². The third kappa shape index (κ3) is 5.23. The van der Waals surface area contributed by atoms with Crippen LogP contribution in [0, 0.1) is 13.8 Å². The number of esters is 1. The summed E-state index contributed by atoms with van der Waals surface area (Å²) < 4.78 is 6.83. The molecule has 0 spiro atoms. The van der Waals surface area contributed by atoms with Crippen molar-refractivity contribution in [1.82, 2.24) is 9.78 Å². The Morgan fingerprint density at radius 3 is 2.53 bits per heavy atom. The van der Waals surface area contributed by atoms with Gasteiger partial charge in [0.1, 0.15) is 0 Å². The first-order chi connectivity index (χ1) is 14.3. The summed E-state index contributed by atoms with van der Waals surface area (Å²) in [6.45, 7) is 6.16. The quantitative estimate of drug-likeness (QED) is 0.482. The Bertz CT molecular complexity index is 1080. The third-order valence-electron chi connectivity index (χ3n) is 4.85. The highest BCUT2D eigenvalue weighted by Crippen LogP contribution is 2.26. The van der Waals surface area contributed by atoms with Crippen LogP contribution in [0.2, 0.25) is 0 Å². The first kappa shape index (κ1) is 21.0. The molecule has 1 heterocycles. The number of carbonyl (C=O) groups is 2. The number of benzene rings is 2. The van der Waals surface area contributed by atoms with E-state index >= 15 is 0 Å². The molecule has 3 aromatic rings. The molecule has 6 heteroatoms. The number of hydrogen-bond acceptors (Lipinski definition) is 4. The largest absolute Gasteiger partial charge is 0.449 e. The van der Waals surface area contributed by atoms with Crippen LogP contribution < -0.4 is 5.73 Å². The summed E-state index contributed by atoms with van der Waals surface area (Å²) in [6, 6.07) is 16.2. The van der Waals surface area contributed by atoms with Crippen molar-refractivity contribution in [3.8, 4) is 11.3 Å². The normalized spacial score (nSPS) is 12.1. The average molecular weight is 403 g/mol. The summed E-state index contributed by atoms with van der Waals surface area (Å²) in [5, 5.41) is 4.75. The molecule has 3 rings (SSSR count). The highest BCUT2D eigenvalue weighted by atomic mass is 16.5. The van der Waals surface area contributed by atoms with Gasteiger partial charge >= 0.3 is 5.97 Å². The molecule has 0 saturated heterocycles. The second-order valence-electron chi connectivity index (χ2n) is 7.23. The van der Waals surface area contributed by atoms with E-state index in [0.717, 1.165) is 27.9 Å². The van der Waals surface area contributed by atoms with E-state index in [1.807, 2.05) is 47.3 Å². The molecule has 0 aliphatic rings. The maximum absolute atomic E-state index is 12.0. The molecule has 1 atom stereocenters. The molecule has 0 aliphatic carbocycles. The van der Waals surface area contributed by atoms with Gasteiger partial charge in [0.05, 0.1) is 12.2 Å². The minimum Gasteiger partial charge on any atom is -0.449 e. The standard InChI is InChI=1S/C24H25N3O3/c1-16-9-10-20(13-17(16)2)23-21(11-12-22(28)30-18(3)24(25)29)15-27(26-23)14-19-7-5-4-6-8-19/h4-13,15,18H,14H2,1-3H3,(H2,25,29)/b12-11+/t18-/m1/s1. The molecule has 2 N–H and O–H groups in total. The fourth-order valence-electron chi connectivity index (χ4n) is 2.95. The minimum absolute atomic E-state index is 0.607. The van der Waals surface area contributed by atoms with Gasteiger partial charge in [0.2, 0.25) is 0 Å². The van der Waals surface area contributed by atoms with Crippen LogP contribution in [-0.2, 0) is 20.9 Å². The Morgan fingerprint density at radius 1 is 1.13 bits per heavy atom. The molecule has 1 aromatic heterocycles. The first-order valence-electron chi connectivity index (χ1n) is 9.70. The van der Waals surface area contributed by atoms with Crippen molar-refractivity contribution in [1.29, 1.82) is 0 Å². The topological polar surface area (TPSA) is 87.2 Å². The van der Waals surface area contributed by atoms with Gasteiger partial charge in [-0.3, -0.25) is 9.48 Å². The maximum Gasteiger partial charge on any atom is 0.331 e. The Labute approximate surface area is 176 Å². The van der Waals surface area contributed by atoms with Gasteiger partial charge in [0, 0.05) is 23.4 Å². The van der Waals surface area contributed by atoms with E-state index in [1.54, 1.807) is 6.08 Å². The van der Waals surface area contributed by atoms with E-state index in [1.165, 1.54) is 18.6 Å². The summed E-state index contributed by atoms with van der Waals surface area (Å²) in [6.07, 6.45) is 3.84. The van der Waals surface area contributed by atoms with Crippen molar-refractivity contribution < 1.29 is 14.3 Å². The molecule has 6 nitrogen and oxygen atoms in total. The molecule has 0 unspecified atom stereocenters. The van der Waals surface area contributed by atoms with Crippen molar-refractivity contribution >= 4 is 18.0 Å². The van der Waals surface area contributed by atoms with Crippen molar-refractivity contribution in [3.05, 3.63) is 83.1 Å². The van der Waals surface area contributed by atoms with Gasteiger partial charge in [-0.15, -0.1) is 0 Å². The number of ether oxygens (including phenoxy) is 1. The predicted molar refractivity (Wildman–Crippen MR) is 116 cm³/mol. The molecule has 1 amide bonds. The lowest BCUT2D eigenvalue weighted by Gasteiger charge is -2.06. The van der Waals surface area contributed by atoms with Crippen LogP contribution in [0.3, 0.4) is 0 Å². The zero-order valence-electron chi connectivity index (χ0n) is 17.3. The Kier molecular flexibility index (Phi) is 6.47. The van der Waals surface area contributed by atoms with E-state index in [0.29, 0.717) is 6.54 Å². The molecule has 0 radical (unpaired) electrons. The summed E-state index contributed by atoms with van der Waals surface area (Å²) in [5.74, 6) is -1.33. The fourth-order valence-corrected chi connectivity index (χ4v) is 2.95. The second-order valence-corrected chi connectivity index (χ2v) is 7.23. The van der Waals surface area contributed by atoms with Crippen LogP contribution in [0.25, 0.3) is 17.3 Å². The van der Waals surface area contributed by atoms with Gasteiger partial charge in [-0.25, -0.2) is 4.79 Å². The number of amides is 1. The lowest BCUT2D eigenvalue weighted by molar-refractivity contribution is -0.148. The number of aryl methyl sites for hydroxylation is 2. The van der Waals surface area contributed by atoms with E-state index in [9.17, 15) is 9.59 Å². The van der Waals surface area contributed by atoms with Gasteiger partial charge in [-0.2, -0.15) is 5.10 Å². The van der Waals surface area contributed by atoms with Crippen molar-refractivity contribution in [2.45, 2.75) is 33.4 Å². The number of hydrogen-bond donors (Lipinski definition) is 1. The maximum atomic E-state index is 12.0. The van der Waals surface area contributed by atoms with E-state index in [-0.39, 0.29) is 0 Å². The average Bonchev–Trinajstić information content (AvgIpc) is 3.11. The number of primary amides is 1. The molecular weight excluding hydrogens is 378 g/mol. The van der Waals surface area contributed by atoms with Crippen LogP contribution >= 0.6 is 0 Å². The Balaban J connectivity index is 1.92. The molecule has 2 aromatic carbocycles. The third-order valence-corrected chi connectivity index (χ3v) is 4.85. The monoisotopic (exact) mass is 403 g/mol. The lowest BCUT2D eigenvalue weighted by Crippen LogP contribution is -2.29. The predicted octanol–water partition coefficient (Wildman–Crippen LogP) is 3.65. The number of aromatic nitrogens is 2. The van der Waals surface area contributed by atoms with Crippen LogP contribution in [-0.4, -0.2) is 27.8 Å². The van der Waals surface area contributed by atoms with E-state index in [4.69, 9.17) is 15.6 Å². The van der Waals surface area contributed by atoms with Gasteiger partial charge < -0.3 is 10.5 Å². The summed E-state index contributed by atoms with van der Waals surface area (Å²) in [5.41, 5.74) is 11.1. The van der Waals surface area contributed by atoms with Crippen LogP contribution in [0.1, 0.15) is 29.2 Å². The Hall–Kier alpha value is -3.67. The minimum atomic E-state index is -0.984. The zero-order valence-corrected chi connectivity index (χ0v) is 17.3. The highest BCUT2D eigenvalue weighted by Gasteiger charge is 2.14. The lowest BCUT2D eigenvalue weighted by atomic mass is 10.0. The molecular formula is C24H25N3O3. The number of nitrogens with zero attached hydrogens (tertiary/aromatic N) is 2.